The van der Waals surface area contributed by atoms with Gasteiger partial charge in [0.15, 0.2) is 11.5 Å². The van der Waals surface area contributed by atoms with Crippen molar-refractivity contribution < 1.29 is 24.2 Å². The van der Waals surface area contributed by atoms with Crippen LogP contribution in [0.4, 0.5) is 11.4 Å². The molecule has 1 atom stereocenters. The second kappa shape index (κ2) is 8.23. The molecule has 2 heterocycles. The summed E-state index contributed by atoms with van der Waals surface area (Å²) < 4.78 is 10.5. The van der Waals surface area contributed by atoms with E-state index in [4.69, 9.17) is 9.47 Å². The molecule has 4 rings (SSSR count). The van der Waals surface area contributed by atoms with E-state index in [0.29, 0.717) is 43.4 Å². The third kappa shape index (κ3) is 3.54. The molecule has 0 radical (unpaired) electrons. The smallest absolute Gasteiger partial charge is 0.251 e. The van der Waals surface area contributed by atoms with Crippen LogP contribution in [0.15, 0.2) is 42.5 Å². The molecule has 2 amide bonds. The van der Waals surface area contributed by atoms with Crippen molar-refractivity contribution in [1.82, 2.24) is 4.90 Å². The van der Waals surface area contributed by atoms with E-state index in [2.05, 4.69) is 9.80 Å². The minimum atomic E-state index is -0.475. The molecule has 30 heavy (non-hydrogen) atoms. The van der Waals surface area contributed by atoms with Gasteiger partial charge in [-0.05, 0) is 24.3 Å². The summed E-state index contributed by atoms with van der Waals surface area (Å²) in [5.41, 5.74) is 1.27. The van der Waals surface area contributed by atoms with Crippen molar-refractivity contribution in [2.45, 2.75) is 12.5 Å². The molecule has 158 valence electrons. The molecule has 2 fully saturated rings. The fourth-order valence-corrected chi connectivity index (χ4v) is 4.14. The second-order valence-corrected chi connectivity index (χ2v) is 7.34. The van der Waals surface area contributed by atoms with Crippen LogP contribution in [0.3, 0.4) is 0 Å². The number of ether oxygens (including phenoxy) is 2. The molecule has 2 aromatic rings. The lowest BCUT2D eigenvalue weighted by molar-refractivity contribution is -0.123. The third-order valence-electron chi connectivity index (χ3n) is 5.73. The molecule has 8 nitrogen and oxygen atoms in total. The van der Waals surface area contributed by atoms with Gasteiger partial charge >= 0.3 is 0 Å². The number of imide groups is 1. The van der Waals surface area contributed by atoms with E-state index in [1.807, 2.05) is 12.1 Å². The zero-order chi connectivity index (χ0) is 21.3. The highest BCUT2D eigenvalue weighted by molar-refractivity contribution is 6.22. The number of nitrogens with zero attached hydrogens (tertiary/aromatic N) is 3. The van der Waals surface area contributed by atoms with Crippen molar-refractivity contribution >= 4 is 23.2 Å². The van der Waals surface area contributed by atoms with Crippen LogP contribution >= 0.6 is 0 Å². The van der Waals surface area contributed by atoms with Crippen molar-refractivity contribution in [1.29, 1.82) is 0 Å². The van der Waals surface area contributed by atoms with Gasteiger partial charge in [0.05, 0.1) is 38.1 Å². The van der Waals surface area contributed by atoms with Gasteiger partial charge in [-0.15, -0.1) is 0 Å². The summed E-state index contributed by atoms with van der Waals surface area (Å²) in [6, 6.07) is 11.8. The molecule has 2 saturated heterocycles. The van der Waals surface area contributed by atoms with Gasteiger partial charge in [-0.2, -0.15) is 0 Å². The molecule has 2 aliphatic rings. The van der Waals surface area contributed by atoms with Crippen molar-refractivity contribution in [2.24, 2.45) is 0 Å². The van der Waals surface area contributed by atoms with Crippen LogP contribution in [0.2, 0.25) is 0 Å². The lowest BCUT2D eigenvalue weighted by Gasteiger charge is -2.38. The fourth-order valence-electron chi connectivity index (χ4n) is 4.14. The van der Waals surface area contributed by atoms with Gasteiger partial charge < -0.3 is 19.5 Å². The van der Waals surface area contributed by atoms with Crippen molar-refractivity contribution in [2.75, 3.05) is 50.2 Å². The van der Waals surface area contributed by atoms with Gasteiger partial charge in [0.25, 0.3) is 5.91 Å². The number of amides is 2. The number of hydrogen-bond acceptors (Lipinski definition) is 7. The Labute approximate surface area is 175 Å². The highest BCUT2D eigenvalue weighted by Gasteiger charge is 2.43. The number of anilines is 2. The molecule has 8 heteroatoms. The average Bonchev–Trinajstić information content (AvgIpc) is 3.07. The van der Waals surface area contributed by atoms with Crippen LogP contribution in [0, 0.1) is 0 Å². The average molecular weight is 411 g/mol. The van der Waals surface area contributed by atoms with Crippen LogP contribution in [-0.2, 0) is 9.59 Å². The lowest BCUT2D eigenvalue weighted by atomic mass is 10.1. The van der Waals surface area contributed by atoms with E-state index in [0.717, 1.165) is 5.69 Å². The Morgan fingerprint density at radius 2 is 1.63 bits per heavy atom. The number of carbonyl (C=O) groups is 2. The SMILES string of the molecule is COc1ccc(N2C(=O)CC(N3CCN(c4ccccc4O)CC3)C2=O)cc1OC. The Kier molecular flexibility index (Phi) is 5.50. The molecule has 1 unspecified atom stereocenters. The Morgan fingerprint density at radius 1 is 0.933 bits per heavy atom. The molecular weight excluding hydrogens is 386 g/mol. The largest absolute Gasteiger partial charge is 0.506 e. The molecule has 0 spiro atoms. The number of carbonyl (C=O) groups excluding carboxylic acids is 2. The van der Waals surface area contributed by atoms with Crippen LogP contribution in [0.1, 0.15) is 6.42 Å². The number of rotatable bonds is 5. The maximum absolute atomic E-state index is 13.1. The Balaban J connectivity index is 1.47. The number of phenols is 1. The van der Waals surface area contributed by atoms with Crippen molar-refractivity contribution in [3.8, 4) is 17.2 Å². The molecule has 1 N–H and O–H groups in total. The van der Waals surface area contributed by atoms with E-state index < -0.39 is 6.04 Å². The van der Waals surface area contributed by atoms with E-state index in [1.54, 1.807) is 30.3 Å². The first-order valence-corrected chi connectivity index (χ1v) is 9.89. The zero-order valence-corrected chi connectivity index (χ0v) is 17.1. The van der Waals surface area contributed by atoms with Crippen molar-refractivity contribution in [3.05, 3.63) is 42.5 Å². The molecular formula is C22H25N3O5. The first kappa shape index (κ1) is 20.0. The number of methoxy groups -OCH3 is 2. The molecule has 0 saturated carbocycles. The van der Waals surface area contributed by atoms with Gasteiger partial charge in [-0.3, -0.25) is 14.5 Å². The Morgan fingerprint density at radius 3 is 2.30 bits per heavy atom. The lowest BCUT2D eigenvalue weighted by Crippen LogP contribution is -2.52. The first-order chi connectivity index (χ1) is 14.5. The molecule has 0 aliphatic carbocycles. The highest BCUT2D eigenvalue weighted by Crippen LogP contribution is 2.35. The van der Waals surface area contributed by atoms with Gasteiger partial charge in [-0.25, -0.2) is 4.90 Å². The topological polar surface area (TPSA) is 82.5 Å². The summed E-state index contributed by atoms with van der Waals surface area (Å²) in [4.78, 5) is 31.2. The predicted molar refractivity (Wildman–Crippen MR) is 112 cm³/mol. The van der Waals surface area contributed by atoms with Gasteiger partial charge in [0.2, 0.25) is 5.91 Å². The van der Waals surface area contributed by atoms with Crippen LogP contribution in [0.5, 0.6) is 17.2 Å². The zero-order valence-electron chi connectivity index (χ0n) is 17.1. The van der Waals surface area contributed by atoms with Crippen LogP contribution in [-0.4, -0.2) is 68.3 Å². The van der Waals surface area contributed by atoms with E-state index in [9.17, 15) is 14.7 Å². The summed E-state index contributed by atoms with van der Waals surface area (Å²) >= 11 is 0. The highest BCUT2D eigenvalue weighted by atomic mass is 16.5. The minimum Gasteiger partial charge on any atom is -0.506 e. The van der Waals surface area contributed by atoms with Gasteiger partial charge in [0, 0.05) is 32.2 Å². The number of para-hydroxylation sites is 2. The van der Waals surface area contributed by atoms with E-state index in [-0.39, 0.29) is 24.0 Å². The van der Waals surface area contributed by atoms with Gasteiger partial charge in [-0.1, -0.05) is 12.1 Å². The first-order valence-electron chi connectivity index (χ1n) is 9.89. The molecule has 2 aromatic carbocycles. The van der Waals surface area contributed by atoms with Crippen LogP contribution < -0.4 is 19.3 Å². The normalized spacial score (nSPS) is 20.0. The van der Waals surface area contributed by atoms with E-state index >= 15 is 0 Å². The summed E-state index contributed by atoms with van der Waals surface area (Å²) in [7, 11) is 3.05. The summed E-state index contributed by atoms with van der Waals surface area (Å²) in [5, 5.41) is 10.1. The quantitative estimate of drug-likeness (QED) is 0.752. The number of hydrogen-bond donors (Lipinski definition) is 1. The fraction of sp³-hybridized carbons (Fsp3) is 0.364. The molecule has 2 aliphatic heterocycles. The Hall–Kier alpha value is -3.26. The summed E-state index contributed by atoms with van der Waals surface area (Å²) in [6.45, 7) is 2.62. The third-order valence-corrected chi connectivity index (χ3v) is 5.73. The molecule has 0 aromatic heterocycles. The van der Waals surface area contributed by atoms with E-state index in [1.165, 1.54) is 19.1 Å². The maximum atomic E-state index is 13.1. The summed E-state index contributed by atoms with van der Waals surface area (Å²) in [6.07, 6.45) is 0.157. The number of aromatic hydroxyl groups is 1. The number of benzene rings is 2. The second-order valence-electron chi connectivity index (χ2n) is 7.34. The number of phenolic OH excluding ortho intramolecular Hbond substituents is 1. The maximum Gasteiger partial charge on any atom is 0.251 e. The Bertz CT molecular complexity index is 956. The van der Waals surface area contributed by atoms with Gasteiger partial charge in [0.1, 0.15) is 5.75 Å². The number of piperazine rings is 1. The molecule has 0 bridgehead atoms. The van der Waals surface area contributed by atoms with Crippen LogP contribution in [0.25, 0.3) is 0 Å². The minimum absolute atomic E-state index is 0.157. The standard InChI is InChI=1S/C22H25N3O5/c1-29-19-8-7-15(13-20(19)30-2)25-21(27)14-17(22(25)28)24-11-9-23(10-12-24)16-5-3-4-6-18(16)26/h3-8,13,17,26H,9-12,14H2,1-2H3. The summed E-state index contributed by atoms with van der Waals surface area (Å²) in [5.74, 6) is 0.814. The monoisotopic (exact) mass is 411 g/mol. The van der Waals surface area contributed by atoms with Crippen molar-refractivity contribution in [3.63, 3.8) is 0 Å². The predicted octanol–water partition coefficient (Wildman–Crippen LogP) is 1.86.